The van der Waals surface area contributed by atoms with Crippen molar-refractivity contribution < 1.29 is 4.74 Å². The van der Waals surface area contributed by atoms with E-state index >= 15 is 0 Å². The van der Waals surface area contributed by atoms with Gasteiger partial charge in [0.2, 0.25) is 0 Å². The van der Waals surface area contributed by atoms with E-state index in [1.165, 1.54) is 21.6 Å². The maximum absolute atomic E-state index is 5.70. The summed E-state index contributed by atoms with van der Waals surface area (Å²) in [6.07, 6.45) is 4.34. The third-order valence-corrected chi connectivity index (χ3v) is 4.75. The van der Waals surface area contributed by atoms with Crippen molar-refractivity contribution in [1.82, 2.24) is 5.32 Å². The monoisotopic (exact) mass is 299 g/mol. The van der Waals surface area contributed by atoms with Crippen LogP contribution < -0.4 is 10.1 Å². The minimum atomic E-state index is 0.230. The van der Waals surface area contributed by atoms with Crippen LogP contribution in [0.4, 0.5) is 0 Å². The predicted molar refractivity (Wildman–Crippen MR) is 89.4 cm³/mol. The Bertz CT molecular complexity index is 609. The topological polar surface area (TPSA) is 21.3 Å². The van der Waals surface area contributed by atoms with Crippen molar-refractivity contribution >= 4 is 11.8 Å². The van der Waals surface area contributed by atoms with Crippen molar-refractivity contribution in [3.63, 3.8) is 0 Å². The second-order valence-corrected chi connectivity index (χ2v) is 6.19. The number of fused-ring (bicyclic) bond motifs is 1. The van der Waals surface area contributed by atoms with Gasteiger partial charge in [-0.25, -0.2) is 0 Å². The van der Waals surface area contributed by atoms with E-state index in [-0.39, 0.29) is 6.04 Å². The highest BCUT2D eigenvalue weighted by atomic mass is 32.2. The number of nitrogens with one attached hydrogen (secondary N) is 1. The van der Waals surface area contributed by atoms with Gasteiger partial charge in [-0.2, -0.15) is 0 Å². The van der Waals surface area contributed by atoms with Gasteiger partial charge in [0, 0.05) is 4.90 Å². The number of hydrogen-bond acceptors (Lipinski definition) is 3. The molecule has 0 aromatic heterocycles. The van der Waals surface area contributed by atoms with Gasteiger partial charge < -0.3 is 10.1 Å². The molecule has 0 spiro atoms. The normalized spacial score (nSPS) is 15.1. The number of benzene rings is 2. The Morgan fingerprint density at radius 1 is 1.10 bits per heavy atom. The Balaban J connectivity index is 1.91. The summed E-state index contributed by atoms with van der Waals surface area (Å²) in [6, 6.07) is 15.6. The smallest absolute Gasteiger partial charge is 0.122 e. The van der Waals surface area contributed by atoms with Crippen LogP contribution in [0.15, 0.2) is 47.4 Å². The Kier molecular flexibility index (Phi) is 4.51. The van der Waals surface area contributed by atoms with Gasteiger partial charge in [-0.1, -0.05) is 24.3 Å². The summed E-state index contributed by atoms with van der Waals surface area (Å²) in [5.41, 5.74) is 3.94. The first kappa shape index (κ1) is 14.5. The Labute approximate surface area is 130 Å². The van der Waals surface area contributed by atoms with Gasteiger partial charge in [0.05, 0.1) is 12.6 Å². The van der Waals surface area contributed by atoms with Crippen molar-refractivity contribution in [3.05, 3.63) is 59.2 Å². The lowest BCUT2D eigenvalue weighted by Crippen LogP contribution is -2.18. The molecule has 1 heterocycles. The summed E-state index contributed by atoms with van der Waals surface area (Å²) in [6.45, 7) is 0.845. The zero-order valence-corrected chi connectivity index (χ0v) is 13.4. The van der Waals surface area contributed by atoms with Crippen molar-refractivity contribution in [2.24, 2.45) is 0 Å². The van der Waals surface area contributed by atoms with Gasteiger partial charge in [0.15, 0.2) is 0 Å². The summed E-state index contributed by atoms with van der Waals surface area (Å²) in [5.74, 6) is 1.05. The molecule has 3 heteroatoms. The molecule has 2 aromatic rings. The van der Waals surface area contributed by atoms with E-state index < -0.39 is 0 Å². The lowest BCUT2D eigenvalue weighted by atomic mass is 9.95. The van der Waals surface area contributed by atoms with Crippen LogP contribution in [-0.2, 0) is 6.42 Å². The highest BCUT2D eigenvalue weighted by Gasteiger charge is 2.16. The first-order chi connectivity index (χ1) is 10.3. The number of aryl methyl sites for hydroxylation is 1. The molecular weight excluding hydrogens is 278 g/mol. The number of ether oxygens (including phenoxy) is 1. The van der Waals surface area contributed by atoms with Crippen molar-refractivity contribution in [3.8, 4) is 5.75 Å². The van der Waals surface area contributed by atoms with Crippen molar-refractivity contribution in [2.45, 2.75) is 23.8 Å². The molecule has 3 rings (SSSR count). The third kappa shape index (κ3) is 3.09. The maximum Gasteiger partial charge on any atom is 0.122 e. The van der Waals surface area contributed by atoms with Crippen LogP contribution in [0.1, 0.15) is 29.2 Å². The van der Waals surface area contributed by atoms with Crippen LogP contribution in [-0.4, -0.2) is 19.9 Å². The maximum atomic E-state index is 5.70. The highest BCUT2D eigenvalue weighted by molar-refractivity contribution is 7.98. The van der Waals surface area contributed by atoms with E-state index in [0.717, 1.165) is 25.2 Å². The second kappa shape index (κ2) is 6.54. The molecule has 1 aliphatic heterocycles. The molecule has 1 atom stereocenters. The zero-order valence-electron chi connectivity index (χ0n) is 12.6. The third-order valence-electron chi connectivity index (χ3n) is 4.00. The number of thioether (sulfide) groups is 1. The molecule has 0 saturated heterocycles. The van der Waals surface area contributed by atoms with Gasteiger partial charge in [0.25, 0.3) is 0 Å². The average Bonchev–Trinajstić information content (AvgIpc) is 2.56. The van der Waals surface area contributed by atoms with Crippen molar-refractivity contribution in [2.75, 3.05) is 19.9 Å². The van der Waals surface area contributed by atoms with E-state index in [0.29, 0.717) is 0 Å². The lowest BCUT2D eigenvalue weighted by molar-refractivity contribution is 0.288. The van der Waals surface area contributed by atoms with Crippen LogP contribution in [0, 0.1) is 0 Å². The first-order valence-corrected chi connectivity index (χ1v) is 8.61. The summed E-state index contributed by atoms with van der Waals surface area (Å²) in [7, 11) is 2.02. The molecule has 1 aliphatic rings. The van der Waals surface area contributed by atoms with E-state index in [1.807, 2.05) is 7.05 Å². The molecule has 1 N–H and O–H groups in total. The average molecular weight is 299 g/mol. The van der Waals surface area contributed by atoms with Crippen LogP contribution in [0.5, 0.6) is 5.75 Å². The SMILES string of the molecule is CNC(c1ccc(SC)cc1)c1ccc2c(c1)CCCO2. The largest absolute Gasteiger partial charge is 0.493 e. The molecule has 21 heavy (non-hydrogen) atoms. The van der Waals surface area contributed by atoms with E-state index in [4.69, 9.17) is 4.74 Å². The number of hydrogen-bond donors (Lipinski definition) is 1. The molecule has 0 bridgehead atoms. The van der Waals surface area contributed by atoms with Crippen LogP contribution >= 0.6 is 11.8 Å². The zero-order chi connectivity index (χ0) is 14.7. The number of rotatable bonds is 4. The predicted octanol–water partition coefficient (Wildman–Crippen LogP) is 4.04. The second-order valence-electron chi connectivity index (χ2n) is 5.31. The standard InChI is InChI=1S/C18H21NOS/c1-19-18(13-5-8-16(21-2)9-6-13)15-7-10-17-14(12-15)4-3-11-20-17/h5-10,12,18-19H,3-4,11H2,1-2H3. The summed E-state index contributed by atoms with van der Waals surface area (Å²) >= 11 is 1.77. The van der Waals surface area contributed by atoms with Crippen LogP contribution in [0.2, 0.25) is 0 Å². The summed E-state index contributed by atoms with van der Waals surface area (Å²) < 4.78 is 5.70. The summed E-state index contributed by atoms with van der Waals surface area (Å²) in [4.78, 5) is 1.30. The Hall–Kier alpha value is -1.45. The van der Waals surface area contributed by atoms with E-state index in [9.17, 15) is 0 Å². The molecule has 2 nitrogen and oxygen atoms in total. The van der Waals surface area contributed by atoms with Gasteiger partial charge in [-0.3, -0.25) is 0 Å². The molecule has 110 valence electrons. The molecule has 0 radical (unpaired) electrons. The molecule has 0 fully saturated rings. The summed E-state index contributed by atoms with van der Waals surface area (Å²) in [5, 5.41) is 3.43. The molecule has 1 unspecified atom stereocenters. The van der Waals surface area contributed by atoms with E-state index in [2.05, 4.69) is 54.0 Å². The molecule has 0 amide bonds. The minimum absolute atomic E-state index is 0.230. The van der Waals surface area contributed by atoms with Gasteiger partial charge in [-0.15, -0.1) is 11.8 Å². The Morgan fingerprint density at radius 3 is 2.57 bits per heavy atom. The van der Waals surface area contributed by atoms with Crippen LogP contribution in [0.25, 0.3) is 0 Å². The Morgan fingerprint density at radius 2 is 1.86 bits per heavy atom. The van der Waals surface area contributed by atoms with Gasteiger partial charge in [-0.05, 0) is 61.0 Å². The van der Waals surface area contributed by atoms with Gasteiger partial charge in [0.1, 0.15) is 5.75 Å². The van der Waals surface area contributed by atoms with Crippen LogP contribution in [0.3, 0.4) is 0 Å². The molecule has 2 aromatic carbocycles. The fourth-order valence-corrected chi connectivity index (χ4v) is 3.29. The molecular formula is C18H21NOS. The fourth-order valence-electron chi connectivity index (χ4n) is 2.88. The minimum Gasteiger partial charge on any atom is -0.493 e. The quantitative estimate of drug-likeness (QED) is 0.861. The fraction of sp³-hybridized carbons (Fsp3) is 0.333. The molecule has 0 saturated carbocycles. The van der Waals surface area contributed by atoms with Gasteiger partial charge >= 0.3 is 0 Å². The van der Waals surface area contributed by atoms with E-state index in [1.54, 1.807) is 11.8 Å². The van der Waals surface area contributed by atoms with Crippen molar-refractivity contribution in [1.29, 1.82) is 0 Å². The molecule has 0 aliphatic carbocycles. The lowest BCUT2D eigenvalue weighted by Gasteiger charge is -2.22. The first-order valence-electron chi connectivity index (χ1n) is 7.38. The highest BCUT2D eigenvalue weighted by Crippen LogP contribution is 2.30.